The van der Waals surface area contributed by atoms with Crippen molar-refractivity contribution in [1.29, 1.82) is 5.26 Å². The Balaban J connectivity index is 0.000000810. The Morgan fingerprint density at radius 1 is 1.60 bits per heavy atom. The van der Waals surface area contributed by atoms with Crippen LogP contribution in [0.15, 0.2) is 18.5 Å². The fraction of sp³-hybridized carbons (Fsp3) is 0. The second-order valence-corrected chi connectivity index (χ2v) is 1.64. The first-order valence-electron chi connectivity index (χ1n) is 2.50. The Labute approximate surface area is 82.2 Å². The van der Waals surface area contributed by atoms with Gasteiger partial charge in [0.2, 0.25) is 0 Å². The molecule has 0 unspecified atom stereocenters. The fourth-order valence-corrected chi connectivity index (χ4v) is 0.524. The molecule has 2 nitrogen and oxygen atoms in total. The predicted octanol–water partition coefficient (Wildman–Crippen LogP) is -1.86. The third-order valence-electron chi connectivity index (χ3n) is 1.03. The minimum absolute atomic E-state index is 0. The van der Waals surface area contributed by atoms with Gasteiger partial charge in [-0.3, -0.25) is 4.98 Å². The van der Waals surface area contributed by atoms with Gasteiger partial charge in [0.05, 0.1) is 0 Å². The van der Waals surface area contributed by atoms with E-state index in [-0.39, 0.29) is 29.6 Å². The van der Waals surface area contributed by atoms with Gasteiger partial charge in [-0.15, -0.1) is 6.07 Å². The van der Waals surface area contributed by atoms with Crippen LogP contribution >= 0.6 is 0 Å². The molecule has 3 heteroatoms. The monoisotopic (exact) mass is 140 g/mol. The second-order valence-electron chi connectivity index (χ2n) is 1.64. The van der Waals surface area contributed by atoms with Crippen molar-refractivity contribution in [2.24, 2.45) is 0 Å². The van der Waals surface area contributed by atoms with E-state index in [0.29, 0.717) is 5.56 Å². The van der Waals surface area contributed by atoms with Gasteiger partial charge in [-0.25, -0.2) is 5.26 Å². The van der Waals surface area contributed by atoms with Gasteiger partial charge in [0.15, 0.2) is 0 Å². The van der Waals surface area contributed by atoms with Crippen LogP contribution in [0, 0.1) is 18.3 Å². The Morgan fingerprint density at radius 3 is 2.70 bits per heavy atom. The number of nitriles is 1. The number of hydrogen-bond donors (Lipinski definition) is 0. The average molecular weight is 140 g/mol. The molecular formula is C7H5N2Na. The van der Waals surface area contributed by atoms with Crippen LogP contribution in [0.3, 0.4) is 0 Å². The van der Waals surface area contributed by atoms with E-state index in [0.717, 1.165) is 5.56 Å². The Hall–Kier alpha value is -0.490. The van der Waals surface area contributed by atoms with Crippen LogP contribution in [0.1, 0.15) is 11.1 Å². The summed E-state index contributed by atoms with van der Waals surface area (Å²) in [5, 5.41) is 8.39. The largest absolute Gasteiger partial charge is 1.00 e. The summed E-state index contributed by atoms with van der Waals surface area (Å²) in [4.78, 5) is 3.75. The van der Waals surface area contributed by atoms with E-state index in [1.165, 1.54) is 6.20 Å². The molecule has 10 heavy (non-hydrogen) atoms. The van der Waals surface area contributed by atoms with Crippen molar-refractivity contribution in [1.82, 2.24) is 4.98 Å². The van der Waals surface area contributed by atoms with Crippen LogP contribution in [0.5, 0.6) is 0 Å². The molecule has 0 saturated heterocycles. The zero-order valence-electron chi connectivity index (χ0n) is 5.83. The minimum atomic E-state index is 0. The maximum absolute atomic E-state index is 8.39. The third-order valence-corrected chi connectivity index (χ3v) is 1.03. The molecule has 1 aromatic rings. The van der Waals surface area contributed by atoms with Crippen molar-refractivity contribution in [3.05, 3.63) is 36.5 Å². The molecule has 0 bridgehead atoms. The summed E-state index contributed by atoms with van der Waals surface area (Å²) in [5.41, 5.74) is 1.27. The van der Waals surface area contributed by atoms with Crippen molar-refractivity contribution in [2.75, 3.05) is 0 Å². The molecule has 0 spiro atoms. The number of rotatable bonds is 0. The summed E-state index contributed by atoms with van der Waals surface area (Å²) >= 11 is 0. The van der Waals surface area contributed by atoms with Gasteiger partial charge in [-0.05, 0) is 18.0 Å². The van der Waals surface area contributed by atoms with Gasteiger partial charge in [0.1, 0.15) is 0 Å². The predicted molar refractivity (Wildman–Crippen MR) is 33.4 cm³/mol. The van der Waals surface area contributed by atoms with Gasteiger partial charge >= 0.3 is 29.6 Å². The number of nitrogens with zero attached hydrogens (tertiary/aromatic N) is 2. The SMILES string of the molecule is [CH2-]c1ccncc1C#N.[Na+]. The molecule has 1 rings (SSSR count). The van der Waals surface area contributed by atoms with Crippen molar-refractivity contribution in [2.45, 2.75) is 0 Å². The molecule has 1 heterocycles. The molecule has 0 aliphatic heterocycles. The molecule has 0 saturated carbocycles. The summed E-state index contributed by atoms with van der Waals surface area (Å²) in [7, 11) is 0. The van der Waals surface area contributed by atoms with Crippen LogP contribution in [-0.2, 0) is 0 Å². The van der Waals surface area contributed by atoms with Crippen LogP contribution in [-0.4, -0.2) is 4.98 Å². The van der Waals surface area contributed by atoms with Crippen LogP contribution in [0.4, 0.5) is 0 Å². The zero-order valence-corrected chi connectivity index (χ0v) is 7.83. The molecule has 0 N–H and O–H groups in total. The zero-order chi connectivity index (χ0) is 6.69. The molecule has 0 aliphatic rings. The van der Waals surface area contributed by atoms with Crippen LogP contribution in [0.2, 0.25) is 0 Å². The van der Waals surface area contributed by atoms with E-state index in [2.05, 4.69) is 11.9 Å². The quantitative estimate of drug-likeness (QED) is 0.313. The van der Waals surface area contributed by atoms with Crippen molar-refractivity contribution >= 4 is 0 Å². The summed E-state index contributed by atoms with van der Waals surface area (Å²) in [6, 6.07) is 3.68. The topological polar surface area (TPSA) is 36.7 Å². The van der Waals surface area contributed by atoms with Crippen molar-refractivity contribution in [3.63, 3.8) is 0 Å². The molecular weight excluding hydrogens is 135 g/mol. The smallest absolute Gasteiger partial charge is 0.290 e. The average Bonchev–Trinajstić information content (AvgIpc) is 1.89. The molecule has 0 aliphatic carbocycles. The van der Waals surface area contributed by atoms with Gasteiger partial charge in [0.25, 0.3) is 0 Å². The summed E-state index contributed by atoms with van der Waals surface area (Å²) in [6.45, 7) is 3.63. The van der Waals surface area contributed by atoms with Gasteiger partial charge < -0.3 is 0 Å². The molecule has 44 valence electrons. The molecule has 0 atom stereocenters. The fourth-order valence-electron chi connectivity index (χ4n) is 0.524. The Bertz CT molecular complexity index is 252. The maximum atomic E-state index is 8.39. The molecule has 0 radical (unpaired) electrons. The first kappa shape index (κ1) is 9.51. The second kappa shape index (κ2) is 4.35. The minimum Gasteiger partial charge on any atom is -0.290 e. The Kier molecular flexibility index (Phi) is 4.13. The van der Waals surface area contributed by atoms with Crippen LogP contribution in [0.25, 0.3) is 0 Å². The summed E-state index contributed by atoms with van der Waals surface area (Å²) in [5.74, 6) is 0. The third kappa shape index (κ3) is 2.03. The van der Waals surface area contributed by atoms with E-state index in [4.69, 9.17) is 5.26 Å². The van der Waals surface area contributed by atoms with Crippen molar-refractivity contribution < 1.29 is 29.6 Å². The molecule has 0 aromatic carbocycles. The van der Waals surface area contributed by atoms with E-state index < -0.39 is 0 Å². The molecule has 0 amide bonds. The standard InChI is InChI=1S/C7H5N2.Na/c1-6-2-3-9-5-7(6)4-8;/h2-3,5H,1H2;/q-1;+1. The maximum Gasteiger partial charge on any atom is 1.00 e. The normalized spacial score (nSPS) is 7.50. The van der Waals surface area contributed by atoms with Gasteiger partial charge in [-0.2, -0.15) is 12.5 Å². The van der Waals surface area contributed by atoms with E-state index in [9.17, 15) is 0 Å². The van der Waals surface area contributed by atoms with Crippen LogP contribution < -0.4 is 29.6 Å². The van der Waals surface area contributed by atoms with E-state index in [1.54, 1.807) is 12.3 Å². The number of pyridine rings is 1. The Morgan fingerprint density at radius 2 is 2.30 bits per heavy atom. The molecule has 0 fully saturated rings. The number of aromatic nitrogens is 1. The summed E-state index contributed by atoms with van der Waals surface area (Å²) < 4.78 is 0. The van der Waals surface area contributed by atoms with E-state index in [1.807, 2.05) is 6.07 Å². The number of hydrogen-bond acceptors (Lipinski definition) is 2. The van der Waals surface area contributed by atoms with Gasteiger partial charge in [0, 0.05) is 6.07 Å². The first-order chi connectivity index (χ1) is 4.34. The molecule has 1 aromatic heterocycles. The van der Waals surface area contributed by atoms with E-state index >= 15 is 0 Å². The summed E-state index contributed by atoms with van der Waals surface area (Å²) in [6.07, 6.45) is 3.12. The van der Waals surface area contributed by atoms with Gasteiger partial charge in [-0.1, -0.05) is 0 Å². The first-order valence-corrected chi connectivity index (χ1v) is 2.50. The van der Waals surface area contributed by atoms with Crippen molar-refractivity contribution in [3.8, 4) is 6.07 Å².